The highest BCUT2D eigenvalue weighted by atomic mass is 16.5. The summed E-state index contributed by atoms with van der Waals surface area (Å²) in [4.78, 5) is 39.8. The maximum absolute atomic E-state index is 13.0. The number of hydrogen-bond donors (Lipinski definition) is 3. The highest BCUT2D eigenvalue weighted by molar-refractivity contribution is 5.76. The molecule has 0 amide bonds. The summed E-state index contributed by atoms with van der Waals surface area (Å²) >= 11 is 0. The molecule has 2 aromatic rings. The molecule has 8 rings (SSSR count). The normalized spacial score (nSPS) is 43.2. The van der Waals surface area contributed by atoms with E-state index in [0.717, 1.165) is 51.4 Å². The lowest BCUT2D eigenvalue weighted by Gasteiger charge is -2.72. The lowest BCUT2D eigenvalue weighted by Crippen LogP contribution is -2.67. The van der Waals surface area contributed by atoms with Gasteiger partial charge in [-0.05, 0) is 129 Å². The molecule has 1 saturated heterocycles. The van der Waals surface area contributed by atoms with Crippen LogP contribution in [0, 0.1) is 63.6 Å². The molecular formula is C43H63N5O7. The fourth-order valence-corrected chi connectivity index (χ4v) is 14.8. The molecule has 3 N–H and O–H groups in total. The summed E-state index contributed by atoms with van der Waals surface area (Å²) in [5.41, 5.74) is 1.13. The molecule has 12 nitrogen and oxygen atoms in total. The van der Waals surface area contributed by atoms with Gasteiger partial charge in [0.15, 0.2) is 0 Å². The van der Waals surface area contributed by atoms with Crippen LogP contribution in [0.5, 0.6) is 0 Å². The number of aryl methyl sites for hydroxylation is 1. The van der Waals surface area contributed by atoms with Crippen LogP contribution in [-0.4, -0.2) is 59.5 Å². The van der Waals surface area contributed by atoms with Gasteiger partial charge in [0, 0.05) is 18.2 Å². The van der Waals surface area contributed by atoms with E-state index in [2.05, 4.69) is 63.4 Å². The third-order valence-electron chi connectivity index (χ3n) is 17.6. The number of allylic oxidation sites excluding steroid dienone is 1. The van der Waals surface area contributed by atoms with E-state index in [1.54, 1.807) is 11.6 Å². The van der Waals surface area contributed by atoms with Crippen LogP contribution in [0.2, 0.25) is 0 Å². The standard InChI is InChI=1S/C43H63N5O7/c1-24(2)27-11-16-43(37(51)52)18-17-41(7)28(36(27)43)9-10-32-40(6)14-13-33(39(4,5)31(40)12-15-42(32,41)8)54-23-26-21-47(46-45-26)29-20-35(55-30(29)22-49)48-25(3)19-34(50)44-38(48)53/h19,21,27-33,35-36,49H,1,9-18,20,22-23H2,2-8H3,(H,51,52)(H,44,50,53)/t27-,28+,29+,30-,31-,32+,33-,35-,36+,40-,41+,42+,43-/m0/s1. The summed E-state index contributed by atoms with van der Waals surface area (Å²) in [5.74, 6) is 1.41. The molecule has 6 aliphatic rings. The van der Waals surface area contributed by atoms with Crippen molar-refractivity contribution >= 4 is 5.97 Å². The van der Waals surface area contributed by atoms with Crippen LogP contribution >= 0.6 is 0 Å². The number of aliphatic carboxylic acids is 1. The van der Waals surface area contributed by atoms with E-state index >= 15 is 0 Å². The number of aliphatic hydroxyl groups is 1. The number of ether oxygens (including phenoxy) is 2. The van der Waals surface area contributed by atoms with Crippen molar-refractivity contribution in [3.8, 4) is 0 Å². The van der Waals surface area contributed by atoms with Gasteiger partial charge in [-0.25, -0.2) is 9.48 Å². The van der Waals surface area contributed by atoms with Crippen LogP contribution in [0.25, 0.3) is 0 Å². The minimum atomic E-state index is -0.657. The van der Waals surface area contributed by atoms with Gasteiger partial charge in [0.25, 0.3) is 5.56 Å². The average Bonchev–Trinajstić information content (AvgIpc) is 3.85. The van der Waals surface area contributed by atoms with E-state index in [1.165, 1.54) is 29.0 Å². The SMILES string of the molecule is C=C(C)[C@@H]1CC[C@]2(C(=O)O)CC[C@]3(C)[C@H](CC[C@@H]4[C@@]5(C)CC[C@H](OCc6cn([C@@H]7C[C@@H](n8c(C)cc(=O)[nH]c8=O)O[C@H]7CO)nn6)C(C)(C)[C@@H]5CC[C@]43C)[C@@H]12. The predicted octanol–water partition coefficient (Wildman–Crippen LogP) is 6.59. The minimum Gasteiger partial charge on any atom is -0.481 e. The van der Waals surface area contributed by atoms with Crippen LogP contribution in [0.4, 0.5) is 0 Å². The molecule has 6 fully saturated rings. The molecule has 5 saturated carbocycles. The minimum absolute atomic E-state index is 0.0557. The fraction of sp³-hybridized carbons (Fsp3) is 0.791. The Bertz CT molecular complexity index is 1970. The van der Waals surface area contributed by atoms with Crippen LogP contribution in [0.15, 0.2) is 34.0 Å². The number of nitrogens with zero attached hydrogens (tertiary/aromatic N) is 4. The summed E-state index contributed by atoms with van der Waals surface area (Å²) in [7, 11) is 0. The smallest absolute Gasteiger partial charge is 0.330 e. The first kappa shape index (κ1) is 38.8. The zero-order valence-electron chi connectivity index (χ0n) is 34.0. The van der Waals surface area contributed by atoms with Crippen molar-refractivity contribution in [1.29, 1.82) is 0 Å². The Balaban J connectivity index is 0.968. The second-order valence-electron chi connectivity index (χ2n) is 20.1. The highest BCUT2D eigenvalue weighted by Gasteiger charge is 2.72. The van der Waals surface area contributed by atoms with Crippen molar-refractivity contribution in [2.75, 3.05) is 6.61 Å². The van der Waals surface area contributed by atoms with Gasteiger partial charge in [-0.2, -0.15) is 0 Å². The largest absolute Gasteiger partial charge is 0.481 e. The molecule has 5 aliphatic carbocycles. The first-order valence-corrected chi connectivity index (χ1v) is 20.9. The first-order valence-electron chi connectivity index (χ1n) is 20.9. The number of carbonyl (C=O) groups is 1. The number of fused-ring (bicyclic) bond motifs is 7. The van der Waals surface area contributed by atoms with Gasteiger partial charge in [0.1, 0.15) is 18.0 Å². The number of nitrogens with one attached hydrogen (secondary N) is 1. The molecule has 0 unspecified atom stereocenters. The molecule has 55 heavy (non-hydrogen) atoms. The number of rotatable bonds is 8. The molecule has 302 valence electrons. The van der Waals surface area contributed by atoms with Crippen molar-refractivity contribution in [3.05, 3.63) is 56.6 Å². The summed E-state index contributed by atoms with van der Waals surface area (Å²) in [6.07, 6.45) is 11.3. The van der Waals surface area contributed by atoms with Crippen LogP contribution in [0.3, 0.4) is 0 Å². The maximum atomic E-state index is 13.0. The van der Waals surface area contributed by atoms with Gasteiger partial charge in [0.2, 0.25) is 0 Å². The van der Waals surface area contributed by atoms with E-state index in [1.807, 2.05) is 6.20 Å². The van der Waals surface area contributed by atoms with Crippen molar-refractivity contribution in [2.24, 2.45) is 56.7 Å². The van der Waals surface area contributed by atoms with Crippen molar-refractivity contribution in [2.45, 2.75) is 150 Å². The summed E-state index contributed by atoms with van der Waals surface area (Å²) in [5, 5.41) is 29.8. The predicted molar refractivity (Wildman–Crippen MR) is 206 cm³/mol. The van der Waals surface area contributed by atoms with Crippen molar-refractivity contribution in [1.82, 2.24) is 24.5 Å². The van der Waals surface area contributed by atoms with E-state index in [0.29, 0.717) is 48.1 Å². The zero-order valence-corrected chi connectivity index (χ0v) is 34.0. The Morgan fingerprint density at radius 1 is 1.02 bits per heavy atom. The maximum Gasteiger partial charge on any atom is 0.330 e. The Hall–Kier alpha value is -3.09. The Labute approximate surface area is 324 Å². The third-order valence-corrected chi connectivity index (χ3v) is 17.6. The zero-order chi connectivity index (χ0) is 39.5. The van der Waals surface area contributed by atoms with Gasteiger partial charge >= 0.3 is 11.7 Å². The Morgan fingerprint density at radius 3 is 2.47 bits per heavy atom. The van der Waals surface area contributed by atoms with E-state index in [-0.39, 0.29) is 46.3 Å². The van der Waals surface area contributed by atoms with Gasteiger partial charge in [-0.3, -0.25) is 19.1 Å². The lowest BCUT2D eigenvalue weighted by molar-refractivity contribution is -0.252. The number of aromatic nitrogens is 5. The van der Waals surface area contributed by atoms with E-state index in [9.17, 15) is 24.6 Å². The van der Waals surface area contributed by atoms with Gasteiger partial charge in [-0.1, -0.05) is 52.0 Å². The fourth-order valence-electron chi connectivity index (χ4n) is 14.8. The molecule has 13 atom stereocenters. The molecule has 1 aliphatic heterocycles. The highest BCUT2D eigenvalue weighted by Crippen LogP contribution is 2.77. The molecule has 0 aromatic carbocycles. The monoisotopic (exact) mass is 761 g/mol. The van der Waals surface area contributed by atoms with Crippen LogP contribution in [0.1, 0.15) is 136 Å². The average molecular weight is 762 g/mol. The second kappa shape index (κ2) is 13.2. The van der Waals surface area contributed by atoms with E-state index in [4.69, 9.17) is 9.47 Å². The van der Waals surface area contributed by atoms with Crippen LogP contribution in [-0.2, 0) is 20.9 Å². The Morgan fingerprint density at radius 2 is 1.78 bits per heavy atom. The Kier molecular flexibility index (Phi) is 9.32. The number of carboxylic acid groups (broad SMARTS) is 1. The van der Waals surface area contributed by atoms with E-state index < -0.39 is 35.0 Å². The van der Waals surface area contributed by atoms with Gasteiger partial charge in [-0.15, -0.1) is 5.10 Å². The topological polar surface area (TPSA) is 162 Å². The molecule has 0 bridgehead atoms. The van der Waals surface area contributed by atoms with Crippen LogP contribution < -0.4 is 11.2 Å². The molecular weight excluding hydrogens is 699 g/mol. The molecule has 12 heteroatoms. The van der Waals surface area contributed by atoms with Gasteiger partial charge < -0.3 is 19.7 Å². The first-order chi connectivity index (χ1) is 25.9. The number of aliphatic hydroxyl groups excluding tert-OH is 1. The lowest BCUT2D eigenvalue weighted by atomic mass is 9.32. The van der Waals surface area contributed by atoms with Crippen molar-refractivity contribution < 1.29 is 24.5 Å². The molecule has 3 heterocycles. The molecule has 2 aromatic heterocycles. The third kappa shape index (κ3) is 5.57. The molecule has 0 radical (unpaired) electrons. The number of carboxylic acids is 1. The second-order valence-corrected chi connectivity index (χ2v) is 20.1. The summed E-state index contributed by atoms with van der Waals surface area (Å²) < 4.78 is 16.0. The number of H-pyrrole nitrogens is 1. The van der Waals surface area contributed by atoms with Crippen molar-refractivity contribution in [3.63, 3.8) is 0 Å². The summed E-state index contributed by atoms with van der Waals surface area (Å²) in [6.45, 7) is 20.9. The quantitative estimate of drug-likeness (QED) is 0.252. The van der Waals surface area contributed by atoms with Gasteiger partial charge in [0.05, 0.1) is 37.0 Å². The summed E-state index contributed by atoms with van der Waals surface area (Å²) in [6, 6.07) is 1.01. The number of aromatic amines is 1. The number of hydrogen-bond acceptors (Lipinski definition) is 8. The molecule has 0 spiro atoms.